The molecule has 0 aliphatic carbocycles. The van der Waals surface area contributed by atoms with Gasteiger partial charge in [-0.25, -0.2) is 4.79 Å². The number of hydrogen-bond donors (Lipinski definition) is 1. The lowest BCUT2D eigenvalue weighted by Crippen LogP contribution is -2.60. The van der Waals surface area contributed by atoms with Crippen LogP contribution in [0.25, 0.3) is 0 Å². The normalized spacial score (nSPS) is 19.9. The maximum atomic E-state index is 12.6. The van der Waals surface area contributed by atoms with Gasteiger partial charge < -0.3 is 29.0 Å². The zero-order valence-corrected chi connectivity index (χ0v) is 17.1. The molecule has 1 amide bonds. The summed E-state index contributed by atoms with van der Waals surface area (Å²) in [5.74, 6) is -5.28. The van der Waals surface area contributed by atoms with Crippen LogP contribution in [-0.4, -0.2) is 73.6 Å². The second-order valence-corrected chi connectivity index (χ2v) is 6.19. The molecule has 0 aromatic carbocycles. The number of esters is 4. The Morgan fingerprint density at radius 1 is 1.03 bits per heavy atom. The lowest BCUT2D eigenvalue weighted by molar-refractivity contribution is -0.188. The van der Waals surface area contributed by atoms with Crippen molar-refractivity contribution in [1.82, 2.24) is 5.32 Å². The van der Waals surface area contributed by atoms with Crippen molar-refractivity contribution >= 4 is 35.6 Å². The summed E-state index contributed by atoms with van der Waals surface area (Å²) in [7, 11) is 1.05. The third kappa shape index (κ3) is 7.18. The highest BCUT2D eigenvalue weighted by Gasteiger charge is 2.47. The van der Waals surface area contributed by atoms with Crippen molar-refractivity contribution in [2.75, 3.05) is 13.7 Å². The summed E-state index contributed by atoms with van der Waals surface area (Å²) in [6.07, 6.45) is -3.65. The zero-order valence-electron chi connectivity index (χ0n) is 17.1. The van der Waals surface area contributed by atoms with E-state index in [-0.39, 0.29) is 0 Å². The minimum Gasteiger partial charge on any atom is -0.476 e. The highest BCUT2D eigenvalue weighted by Crippen LogP contribution is 2.25. The Balaban J connectivity index is 3.43. The van der Waals surface area contributed by atoms with Gasteiger partial charge in [-0.2, -0.15) is 0 Å². The summed E-state index contributed by atoms with van der Waals surface area (Å²) in [6.45, 7) is 3.78. The van der Waals surface area contributed by atoms with Crippen molar-refractivity contribution in [3.63, 3.8) is 0 Å². The summed E-state index contributed by atoms with van der Waals surface area (Å²) >= 11 is 0. The number of ketones is 1. The second kappa shape index (κ2) is 10.9. The molecule has 0 unspecified atom stereocenters. The van der Waals surface area contributed by atoms with E-state index in [1.165, 1.54) is 0 Å². The summed E-state index contributed by atoms with van der Waals surface area (Å²) < 4.78 is 25.2. The number of carbonyl (C=O) groups excluding carboxylic acids is 6. The number of methoxy groups -OCH3 is 1. The van der Waals surface area contributed by atoms with Gasteiger partial charge in [-0.1, -0.05) is 0 Å². The average Bonchev–Trinajstić information content (AvgIpc) is 2.63. The molecular weight excluding hydrogens is 406 g/mol. The summed E-state index contributed by atoms with van der Waals surface area (Å²) in [4.78, 5) is 70.5. The highest BCUT2D eigenvalue weighted by atomic mass is 16.6. The molecule has 12 nitrogen and oxygen atoms in total. The number of ether oxygens (including phenoxy) is 5. The van der Waals surface area contributed by atoms with Gasteiger partial charge in [0, 0.05) is 33.8 Å². The second-order valence-electron chi connectivity index (χ2n) is 6.19. The van der Waals surface area contributed by atoms with Gasteiger partial charge in [0.05, 0.1) is 7.11 Å². The van der Waals surface area contributed by atoms with Crippen molar-refractivity contribution in [1.29, 1.82) is 0 Å². The Labute approximate surface area is 171 Å². The molecule has 1 aliphatic rings. The van der Waals surface area contributed by atoms with Gasteiger partial charge in [-0.3, -0.25) is 24.0 Å². The maximum Gasteiger partial charge on any atom is 0.373 e. The van der Waals surface area contributed by atoms with E-state index in [1.54, 1.807) is 0 Å². The number of hydrogen-bond acceptors (Lipinski definition) is 11. The van der Waals surface area contributed by atoms with E-state index in [9.17, 15) is 28.8 Å². The Hall–Kier alpha value is -3.44. The van der Waals surface area contributed by atoms with E-state index >= 15 is 0 Å². The summed E-state index contributed by atoms with van der Waals surface area (Å²) in [5.41, 5.74) is 0. The molecule has 1 N–H and O–H groups in total. The van der Waals surface area contributed by atoms with E-state index in [0.29, 0.717) is 0 Å². The van der Waals surface area contributed by atoms with Crippen LogP contribution < -0.4 is 5.32 Å². The number of rotatable bonds is 8. The lowest BCUT2D eigenvalue weighted by atomic mass is 9.94. The fourth-order valence-electron chi connectivity index (χ4n) is 2.62. The topological polar surface area (TPSA) is 161 Å². The van der Waals surface area contributed by atoms with Crippen LogP contribution in [0.2, 0.25) is 0 Å². The molecule has 0 aromatic heterocycles. The molecule has 1 heterocycles. The first-order valence-corrected chi connectivity index (χ1v) is 8.71. The van der Waals surface area contributed by atoms with Gasteiger partial charge in [-0.15, -0.1) is 0 Å². The van der Waals surface area contributed by atoms with E-state index in [1.807, 2.05) is 0 Å². The van der Waals surface area contributed by atoms with Crippen LogP contribution in [0.15, 0.2) is 11.8 Å². The predicted octanol–water partition coefficient (Wildman–Crippen LogP) is -1.06. The quantitative estimate of drug-likeness (QED) is 0.370. The van der Waals surface area contributed by atoms with Gasteiger partial charge in [0.1, 0.15) is 12.6 Å². The summed E-state index contributed by atoms with van der Waals surface area (Å²) in [5, 5.41) is 2.34. The molecule has 0 fully saturated rings. The van der Waals surface area contributed by atoms with Crippen molar-refractivity contribution in [2.24, 2.45) is 0 Å². The molecule has 1 aliphatic heterocycles. The molecule has 0 aromatic rings. The first kappa shape index (κ1) is 24.6. The average molecular weight is 429 g/mol. The van der Waals surface area contributed by atoms with E-state index in [2.05, 4.69) is 10.1 Å². The molecule has 30 heavy (non-hydrogen) atoms. The summed E-state index contributed by atoms with van der Waals surface area (Å²) in [6, 6.07) is -1.41. The largest absolute Gasteiger partial charge is 0.476 e. The molecular formula is C18H23NO11. The molecule has 12 heteroatoms. The van der Waals surface area contributed by atoms with Gasteiger partial charge in [0.15, 0.2) is 24.1 Å². The number of carbonyl (C=O) groups is 6. The van der Waals surface area contributed by atoms with Gasteiger partial charge in [0.25, 0.3) is 0 Å². The predicted molar refractivity (Wildman–Crippen MR) is 95.3 cm³/mol. The minimum atomic E-state index is -1.54. The number of nitrogens with one attached hydrogen (secondary N) is 1. The smallest absolute Gasteiger partial charge is 0.373 e. The first-order chi connectivity index (χ1) is 14.0. The van der Waals surface area contributed by atoms with Crippen LogP contribution in [0.4, 0.5) is 0 Å². The monoisotopic (exact) mass is 429 g/mol. The Bertz CT molecular complexity index is 757. The number of amides is 1. The van der Waals surface area contributed by atoms with Crippen molar-refractivity contribution in [3.05, 3.63) is 11.8 Å². The van der Waals surface area contributed by atoms with E-state index < -0.39 is 72.3 Å². The molecule has 0 radical (unpaired) electrons. The third-order valence-electron chi connectivity index (χ3n) is 3.68. The highest BCUT2D eigenvalue weighted by molar-refractivity contribution is 6.03. The third-order valence-corrected chi connectivity index (χ3v) is 3.68. The van der Waals surface area contributed by atoms with Crippen LogP contribution in [0, 0.1) is 0 Å². The van der Waals surface area contributed by atoms with Crippen LogP contribution >= 0.6 is 0 Å². The van der Waals surface area contributed by atoms with Gasteiger partial charge in [0.2, 0.25) is 11.7 Å². The minimum absolute atomic E-state index is 0.514. The van der Waals surface area contributed by atoms with Crippen LogP contribution in [0.1, 0.15) is 27.7 Å². The van der Waals surface area contributed by atoms with Crippen LogP contribution in [0.5, 0.6) is 0 Å². The maximum absolute atomic E-state index is 12.6. The first-order valence-electron chi connectivity index (χ1n) is 8.71. The standard InChI is InChI=1S/C18H23NO11/c1-8(20)19-15-12(24)6-13(18(25)26-5)30-17(15)16(29-11(4)23)14(28-10(3)22)7-27-9(2)21/h6,14-17H,7H2,1-5H3,(H,19,20)/t14-,15+,16+,17+/m0/s1. The Morgan fingerprint density at radius 3 is 2.10 bits per heavy atom. The zero-order chi connectivity index (χ0) is 23.0. The molecule has 0 spiro atoms. The Morgan fingerprint density at radius 2 is 1.63 bits per heavy atom. The molecule has 1 rings (SSSR count). The van der Waals surface area contributed by atoms with Crippen LogP contribution in [0.3, 0.4) is 0 Å². The fraction of sp³-hybridized carbons (Fsp3) is 0.556. The van der Waals surface area contributed by atoms with Crippen LogP contribution in [-0.2, 0) is 52.5 Å². The lowest BCUT2D eigenvalue weighted by Gasteiger charge is -2.37. The van der Waals surface area contributed by atoms with Crippen molar-refractivity contribution in [3.8, 4) is 0 Å². The molecule has 0 saturated heterocycles. The van der Waals surface area contributed by atoms with Crippen molar-refractivity contribution < 1.29 is 52.5 Å². The SMILES string of the molecule is COC(=O)C1=CC(=O)[C@@H](NC(C)=O)[C@H]([C@H](OC(C)=O)[C@H](COC(C)=O)OC(C)=O)O1. The fourth-order valence-corrected chi connectivity index (χ4v) is 2.62. The molecule has 0 saturated carbocycles. The van der Waals surface area contributed by atoms with E-state index in [4.69, 9.17) is 18.9 Å². The van der Waals surface area contributed by atoms with Gasteiger partial charge >= 0.3 is 23.9 Å². The Kier molecular flexibility index (Phi) is 8.96. The molecule has 4 atom stereocenters. The van der Waals surface area contributed by atoms with E-state index in [0.717, 1.165) is 40.9 Å². The molecule has 0 bridgehead atoms. The van der Waals surface area contributed by atoms with Crippen molar-refractivity contribution in [2.45, 2.75) is 52.0 Å². The van der Waals surface area contributed by atoms with Gasteiger partial charge in [-0.05, 0) is 0 Å². The molecule has 166 valence electrons.